The van der Waals surface area contributed by atoms with E-state index >= 15 is 0 Å². The van der Waals surface area contributed by atoms with Gasteiger partial charge >= 0.3 is 0 Å². The molecule has 0 saturated carbocycles. The Kier molecular flexibility index (Phi) is 4.33. The van der Waals surface area contributed by atoms with Crippen LogP contribution < -0.4 is 5.73 Å². The minimum Gasteiger partial charge on any atom is -0.327 e. The van der Waals surface area contributed by atoms with Crippen LogP contribution in [0.3, 0.4) is 0 Å². The van der Waals surface area contributed by atoms with Crippen molar-refractivity contribution in [3.8, 4) is 0 Å². The second-order valence-electron chi connectivity index (χ2n) is 5.17. The third-order valence-electron chi connectivity index (χ3n) is 3.53. The maximum absolute atomic E-state index is 13.1. The van der Waals surface area contributed by atoms with Gasteiger partial charge in [0.25, 0.3) is 0 Å². The molecule has 0 aliphatic rings. The Morgan fingerprint density at radius 3 is 2.21 bits per heavy atom. The van der Waals surface area contributed by atoms with E-state index in [9.17, 15) is 4.39 Å². The summed E-state index contributed by atoms with van der Waals surface area (Å²) in [5.74, 6) is -0.186. The standard InChI is InChI=1S/C17H20FN/c1-12-5-3-4-6-14(12)10-17(19)11-15-7-8-16(18)9-13(15)2/h3-9,17H,10-11,19H2,1-2H3. The van der Waals surface area contributed by atoms with Gasteiger partial charge in [-0.15, -0.1) is 0 Å². The SMILES string of the molecule is Cc1ccccc1CC(N)Cc1ccc(F)cc1C. The highest BCUT2D eigenvalue weighted by atomic mass is 19.1. The Labute approximate surface area is 114 Å². The number of rotatable bonds is 4. The zero-order valence-electron chi connectivity index (χ0n) is 11.5. The molecule has 0 bridgehead atoms. The van der Waals surface area contributed by atoms with Crippen molar-refractivity contribution < 1.29 is 4.39 Å². The van der Waals surface area contributed by atoms with Gasteiger partial charge in [-0.3, -0.25) is 0 Å². The molecule has 19 heavy (non-hydrogen) atoms. The lowest BCUT2D eigenvalue weighted by Gasteiger charge is -2.15. The van der Waals surface area contributed by atoms with Crippen LogP contribution in [0.25, 0.3) is 0 Å². The molecule has 2 heteroatoms. The fourth-order valence-corrected chi connectivity index (χ4v) is 2.36. The van der Waals surface area contributed by atoms with Crippen molar-refractivity contribution in [2.24, 2.45) is 5.73 Å². The van der Waals surface area contributed by atoms with Crippen molar-refractivity contribution in [3.05, 3.63) is 70.5 Å². The van der Waals surface area contributed by atoms with Crippen molar-refractivity contribution in [3.63, 3.8) is 0 Å². The lowest BCUT2D eigenvalue weighted by molar-refractivity contribution is 0.621. The normalized spacial score (nSPS) is 12.4. The summed E-state index contributed by atoms with van der Waals surface area (Å²) in [6.45, 7) is 4.03. The Hall–Kier alpha value is -1.67. The molecule has 0 heterocycles. The van der Waals surface area contributed by atoms with Gasteiger partial charge < -0.3 is 5.73 Å². The Morgan fingerprint density at radius 2 is 1.58 bits per heavy atom. The zero-order valence-corrected chi connectivity index (χ0v) is 11.5. The molecule has 2 N–H and O–H groups in total. The Balaban J connectivity index is 2.05. The van der Waals surface area contributed by atoms with Crippen molar-refractivity contribution in [1.29, 1.82) is 0 Å². The maximum Gasteiger partial charge on any atom is 0.123 e. The highest BCUT2D eigenvalue weighted by Crippen LogP contribution is 2.15. The second kappa shape index (κ2) is 5.98. The van der Waals surface area contributed by atoms with Gasteiger partial charge in [-0.05, 0) is 61.1 Å². The number of benzene rings is 2. The summed E-state index contributed by atoms with van der Waals surface area (Å²) in [5.41, 5.74) is 10.9. The monoisotopic (exact) mass is 257 g/mol. The summed E-state index contributed by atoms with van der Waals surface area (Å²) in [6, 6.07) is 13.3. The zero-order chi connectivity index (χ0) is 13.8. The van der Waals surface area contributed by atoms with Crippen LogP contribution in [0.4, 0.5) is 4.39 Å². The molecule has 0 aliphatic heterocycles. The van der Waals surface area contributed by atoms with Crippen LogP contribution in [0, 0.1) is 19.7 Å². The molecule has 1 nitrogen and oxygen atoms in total. The Morgan fingerprint density at radius 1 is 0.947 bits per heavy atom. The average Bonchev–Trinajstić information content (AvgIpc) is 2.36. The highest BCUT2D eigenvalue weighted by molar-refractivity contribution is 5.29. The fraction of sp³-hybridized carbons (Fsp3) is 0.294. The summed E-state index contributed by atoms with van der Waals surface area (Å²) in [5, 5.41) is 0. The van der Waals surface area contributed by atoms with Gasteiger partial charge in [0, 0.05) is 6.04 Å². The topological polar surface area (TPSA) is 26.0 Å². The van der Waals surface area contributed by atoms with E-state index in [1.54, 1.807) is 6.07 Å². The van der Waals surface area contributed by atoms with Crippen LogP contribution in [-0.4, -0.2) is 6.04 Å². The second-order valence-corrected chi connectivity index (χ2v) is 5.17. The molecule has 2 rings (SSSR count). The maximum atomic E-state index is 13.1. The predicted molar refractivity (Wildman–Crippen MR) is 77.7 cm³/mol. The minimum absolute atomic E-state index is 0.0604. The number of nitrogens with two attached hydrogens (primary N) is 1. The molecule has 100 valence electrons. The lowest BCUT2D eigenvalue weighted by atomic mass is 9.95. The van der Waals surface area contributed by atoms with E-state index in [2.05, 4.69) is 19.1 Å². The van der Waals surface area contributed by atoms with Crippen molar-refractivity contribution >= 4 is 0 Å². The molecule has 0 spiro atoms. The first kappa shape index (κ1) is 13.8. The first-order valence-electron chi connectivity index (χ1n) is 6.61. The Bertz CT molecular complexity index is 563. The largest absolute Gasteiger partial charge is 0.327 e. The van der Waals surface area contributed by atoms with E-state index in [0.29, 0.717) is 0 Å². The number of hydrogen-bond donors (Lipinski definition) is 1. The van der Waals surface area contributed by atoms with Gasteiger partial charge in [-0.25, -0.2) is 4.39 Å². The van der Waals surface area contributed by atoms with Crippen LogP contribution in [0.5, 0.6) is 0 Å². The molecule has 2 aromatic rings. The number of hydrogen-bond acceptors (Lipinski definition) is 1. The van der Waals surface area contributed by atoms with Crippen LogP contribution in [-0.2, 0) is 12.8 Å². The number of aryl methyl sites for hydroxylation is 2. The van der Waals surface area contributed by atoms with Crippen molar-refractivity contribution in [1.82, 2.24) is 0 Å². The summed E-state index contributed by atoms with van der Waals surface area (Å²) in [4.78, 5) is 0. The van der Waals surface area contributed by atoms with E-state index in [-0.39, 0.29) is 11.9 Å². The molecular weight excluding hydrogens is 237 g/mol. The minimum atomic E-state index is -0.186. The molecule has 1 unspecified atom stereocenters. The van der Waals surface area contributed by atoms with Crippen LogP contribution in [0.2, 0.25) is 0 Å². The highest BCUT2D eigenvalue weighted by Gasteiger charge is 2.09. The van der Waals surface area contributed by atoms with Gasteiger partial charge in [0.2, 0.25) is 0 Å². The third kappa shape index (κ3) is 3.65. The quantitative estimate of drug-likeness (QED) is 0.890. The van der Waals surface area contributed by atoms with Gasteiger partial charge in [-0.1, -0.05) is 30.3 Å². The van der Waals surface area contributed by atoms with E-state index < -0.39 is 0 Å². The number of halogens is 1. The van der Waals surface area contributed by atoms with E-state index in [1.807, 2.05) is 25.1 Å². The predicted octanol–water partition coefficient (Wildman–Crippen LogP) is 3.56. The molecule has 0 aromatic heterocycles. The van der Waals surface area contributed by atoms with E-state index in [0.717, 1.165) is 24.0 Å². The smallest absolute Gasteiger partial charge is 0.123 e. The van der Waals surface area contributed by atoms with Gasteiger partial charge in [0.15, 0.2) is 0 Å². The molecule has 1 atom stereocenters. The molecule has 2 aromatic carbocycles. The molecule has 0 fully saturated rings. The molecular formula is C17H20FN. The first-order valence-corrected chi connectivity index (χ1v) is 6.61. The van der Waals surface area contributed by atoms with E-state index in [1.165, 1.54) is 17.2 Å². The lowest BCUT2D eigenvalue weighted by Crippen LogP contribution is -2.26. The molecule has 0 saturated heterocycles. The van der Waals surface area contributed by atoms with E-state index in [4.69, 9.17) is 5.73 Å². The first-order chi connectivity index (χ1) is 9.06. The third-order valence-corrected chi connectivity index (χ3v) is 3.53. The van der Waals surface area contributed by atoms with Gasteiger partial charge in [0.05, 0.1) is 0 Å². The van der Waals surface area contributed by atoms with Crippen molar-refractivity contribution in [2.75, 3.05) is 0 Å². The van der Waals surface area contributed by atoms with Gasteiger partial charge in [0.1, 0.15) is 5.82 Å². The van der Waals surface area contributed by atoms with Gasteiger partial charge in [-0.2, -0.15) is 0 Å². The summed E-state index contributed by atoms with van der Waals surface area (Å²) >= 11 is 0. The summed E-state index contributed by atoms with van der Waals surface area (Å²) in [7, 11) is 0. The van der Waals surface area contributed by atoms with Crippen LogP contribution in [0.1, 0.15) is 22.3 Å². The summed E-state index contributed by atoms with van der Waals surface area (Å²) < 4.78 is 13.1. The average molecular weight is 257 g/mol. The fourth-order valence-electron chi connectivity index (χ4n) is 2.36. The molecule has 0 amide bonds. The molecule has 0 radical (unpaired) electrons. The van der Waals surface area contributed by atoms with Crippen LogP contribution >= 0.6 is 0 Å². The molecule has 0 aliphatic carbocycles. The summed E-state index contributed by atoms with van der Waals surface area (Å²) in [6.07, 6.45) is 1.63. The van der Waals surface area contributed by atoms with Crippen molar-refractivity contribution in [2.45, 2.75) is 32.7 Å². The van der Waals surface area contributed by atoms with Crippen LogP contribution in [0.15, 0.2) is 42.5 Å².